The first-order valence-corrected chi connectivity index (χ1v) is 6.24. The monoisotopic (exact) mass is 271 g/mol. The van der Waals surface area contributed by atoms with Crippen LogP contribution in [0.4, 0.5) is 0 Å². The molecule has 1 aromatic heterocycles. The summed E-state index contributed by atoms with van der Waals surface area (Å²) in [6, 6.07) is 7.63. The van der Waals surface area contributed by atoms with Crippen LogP contribution in [0.1, 0.15) is 12.0 Å². The SMILES string of the molecule is O=C(NCc1ccc(-c2nn[nH]n2)cc1)C1=COCC1. The van der Waals surface area contributed by atoms with Crippen LogP contribution in [0.25, 0.3) is 11.4 Å². The molecule has 0 bridgehead atoms. The van der Waals surface area contributed by atoms with Crippen LogP contribution in [0, 0.1) is 0 Å². The zero-order valence-corrected chi connectivity index (χ0v) is 10.7. The summed E-state index contributed by atoms with van der Waals surface area (Å²) in [5.41, 5.74) is 2.57. The Morgan fingerprint density at radius 2 is 2.20 bits per heavy atom. The summed E-state index contributed by atoms with van der Waals surface area (Å²) < 4.78 is 5.04. The van der Waals surface area contributed by atoms with Crippen molar-refractivity contribution in [3.05, 3.63) is 41.7 Å². The highest BCUT2D eigenvalue weighted by Crippen LogP contribution is 2.14. The number of tetrazole rings is 1. The van der Waals surface area contributed by atoms with Gasteiger partial charge in [0.1, 0.15) is 0 Å². The lowest BCUT2D eigenvalue weighted by Gasteiger charge is -2.05. The van der Waals surface area contributed by atoms with E-state index in [4.69, 9.17) is 4.74 Å². The minimum Gasteiger partial charge on any atom is -0.500 e. The van der Waals surface area contributed by atoms with E-state index in [9.17, 15) is 4.79 Å². The lowest BCUT2D eigenvalue weighted by atomic mass is 10.1. The predicted octanol–water partition coefficient (Wildman–Crippen LogP) is 0.787. The number of hydrogen-bond donors (Lipinski definition) is 2. The first-order valence-electron chi connectivity index (χ1n) is 6.24. The van der Waals surface area contributed by atoms with Gasteiger partial charge in [-0.1, -0.05) is 24.3 Å². The molecule has 3 rings (SSSR count). The lowest BCUT2D eigenvalue weighted by Crippen LogP contribution is -2.23. The number of nitrogens with zero attached hydrogens (tertiary/aromatic N) is 3. The second-order valence-electron chi connectivity index (χ2n) is 4.38. The number of hydrogen-bond acceptors (Lipinski definition) is 5. The van der Waals surface area contributed by atoms with Gasteiger partial charge < -0.3 is 10.1 Å². The minimum absolute atomic E-state index is 0.0789. The Labute approximate surface area is 115 Å². The molecular formula is C13H13N5O2. The summed E-state index contributed by atoms with van der Waals surface area (Å²) in [5.74, 6) is 0.471. The van der Waals surface area contributed by atoms with E-state index in [0.29, 0.717) is 31.0 Å². The molecule has 0 atom stereocenters. The first kappa shape index (κ1) is 12.3. The molecular weight excluding hydrogens is 258 g/mol. The normalized spacial score (nSPS) is 13.7. The molecule has 1 aliphatic heterocycles. The van der Waals surface area contributed by atoms with Crippen LogP contribution in [0.2, 0.25) is 0 Å². The van der Waals surface area contributed by atoms with E-state index < -0.39 is 0 Å². The van der Waals surface area contributed by atoms with Crippen LogP contribution >= 0.6 is 0 Å². The van der Waals surface area contributed by atoms with Gasteiger partial charge >= 0.3 is 0 Å². The Hall–Kier alpha value is -2.70. The van der Waals surface area contributed by atoms with E-state index >= 15 is 0 Å². The van der Waals surface area contributed by atoms with E-state index in [-0.39, 0.29) is 5.91 Å². The molecule has 0 radical (unpaired) electrons. The van der Waals surface area contributed by atoms with Gasteiger partial charge in [0.25, 0.3) is 5.91 Å². The highest BCUT2D eigenvalue weighted by atomic mass is 16.5. The molecule has 2 heterocycles. The van der Waals surface area contributed by atoms with Crippen molar-refractivity contribution in [2.75, 3.05) is 6.61 Å². The number of nitrogens with one attached hydrogen (secondary N) is 2. The van der Waals surface area contributed by atoms with Gasteiger partial charge in [0.15, 0.2) is 0 Å². The summed E-state index contributed by atoms with van der Waals surface area (Å²) in [6.07, 6.45) is 2.19. The molecule has 2 aromatic rings. The third kappa shape index (κ3) is 2.66. The lowest BCUT2D eigenvalue weighted by molar-refractivity contribution is -0.117. The molecule has 7 nitrogen and oxygen atoms in total. The number of carbonyl (C=O) groups is 1. The smallest absolute Gasteiger partial charge is 0.250 e. The Kier molecular flexibility index (Phi) is 3.40. The van der Waals surface area contributed by atoms with Crippen molar-refractivity contribution in [2.24, 2.45) is 0 Å². The van der Waals surface area contributed by atoms with Crippen molar-refractivity contribution in [1.82, 2.24) is 25.9 Å². The molecule has 2 N–H and O–H groups in total. The van der Waals surface area contributed by atoms with Crippen molar-refractivity contribution in [3.8, 4) is 11.4 Å². The Morgan fingerprint density at radius 3 is 2.85 bits per heavy atom. The number of amides is 1. The summed E-state index contributed by atoms with van der Waals surface area (Å²) in [5, 5.41) is 16.6. The maximum atomic E-state index is 11.8. The van der Waals surface area contributed by atoms with Crippen LogP contribution in [0.15, 0.2) is 36.1 Å². The Bertz CT molecular complexity index is 619. The number of ether oxygens (including phenoxy) is 1. The van der Waals surface area contributed by atoms with Crippen LogP contribution in [0.3, 0.4) is 0 Å². The molecule has 0 spiro atoms. The maximum absolute atomic E-state index is 11.8. The van der Waals surface area contributed by atoms with E-state index in [1.54, 1.807) is 0 Å². The van der Waals surface area contributed by atoms with Crippen molar-refractivity contribution in [2.45, 2.75) is 13.0 Å². The number of carbonyl (C=O) groups excluding carboxylic acids is 1. The van der Waals surface area contributed by atoms with Crippen molar-refractivity contribution < 1.29 is 9.53 Å². The maximum Gasteiger partial charge on any atom is 0.250 e. The predicted molar refractivity (Wildman–Crippen MR) is 70.1 cm³/mol. The summed E-state index contributed by atoms with van der Waals surface area (Å²) in [7, 11) is 0. The van der Waals surface area contributed by atoms with E-state index in [2.05, 4.69) is 25.9 Å². The summed E-state index contributed by atoms with van der Waals surface area (Å²) in [6.45, 7) is 1.06. The van der Waals surface area contributed by atoms with Gasteiger partial charge in [0.05, 0.1) is 18.4 Å². The number of aromatic nitrogens is 4. The van der Waals surface area contributed by atoms with Gasteiger partial charge in [-0.05, 0) is 10.8 Å². The van der Waals surface area contributed by atoms with Gasteiger partial charge in [-0.15, -0.1) is 10.2 Å². The Balaban J connectivity index is 1.59. The molecule has 0 saturated heterocycles. The Morgan fingerprint density at radius 1 is 1.35 bits per heavy atom. The fourth-order valence-corrected chi connectivity index (χ4v) is 1.91. The van der Waals surface area contributed by atoms with Crippen molar-refractivity contribution >= 4 is 5.91 Å². The van der Waals surface area contributed by atoms with Crippen molar-refractivity contribution in [3.63, 3.8) is 0 Å². The van der Waals surface area contributed by atoms with Gasteiger partial charge in [-0.3, -0.25) is 4.79 Å². The standard InChI is InChI=1S/C13H13N5O2/c19-13(11-5-6-20-8-11)14-7-9-1-3-10(4-2-9)12-15-17-18-16-12/h1-4,8H,5-7H2,(H,14,19)(H,15,16,17,18). The average Bonchev–Trinajstić information content (AvgIpc) is 3.18. The van der Waals surface area contributed by atoms with Crippen LogP contribution in [-0.4, -0.2) is 33.1 Å². The van der Waals surface area contributed by atoms with E-state index in [1.807, 2.05) is 24.3 Å². The second kappa shape index (κ2) is 5.52. The van der Waals surface area contributed by atoms with Crippen molar-refractivity contribution in [1.29, 1.82) is 0 Å². The third-order valence-corrected chi connectivity index (χ3v) is 3.02. The summed E-state index contributed by atoms with van der Waals surface area (Å²) >= 11 is 0. The second-order valence-corrected chi connectivity index (χ2v) is 4.38. The van der Waals surface area contributed by atoms with Gasteiger partial charge in [0, 0.05) is 18.5 Å². The quantitative estimate of drug-likeness (QED) is 0.857. The van der Waals surface area contributed by atoms with Crippen LogP contribution < -0.4 is 5.32 Å². The average molecular weight is 271 g/mol. The molecule has 1 amide bonds. The number of H-pyrrole nitrogens is 1. The first-order chi connectivity index (χ1) is 9.83. The number of rotatable bonds is 4. The molecule has 102 valence electrons. The van der Waals surface area contributed by atoms with Gasteiger partial charge in [-0.25, -0.2) is 0 Å². The van der Waals surface area contributed by atoms with Crippen LogP contribution in [-0.2, 0) is 16.1 Å². The van der Waals surface area contributed by atoms with Gasteiger partial charge in [-0.2, -0.15) is 5.21 Å². The molecule has 1 aliphatic rings. The van der Waals surface area contributed by atoms with Gasteiger partial charge in [0.2, 0.25) is 5.82 Å². The highest BCUT2D eigenvalue weighted by molar-refractivity contribution is 5.93. The van der Waals surface area contributed by atoms with E-state index in [0.717, 1.165) is 11.1 Å². The number of benzene rings is 1. The fourth-order valence-electron chi connectivity index (χ4n) is 1.91. The molecule has 0 unspecified atom stereocenters. The number of aromatic amines is 1. The molecule has 1 aromatic carbocycles. The largest absolute Gasteiger partial charge is 0.500 e. The van der Waals surface area contributed by atoms with Crippen LogP contribution in [0.5, 0.6) is 0 Å². The zero-order valence-electron chi connectivity index (χ0n) is 10.7. The van der Waals surface area contributed by atoms with E-state index in [1.165, 1.54) is 6.26 Å². The third-order valence-electron chi connectivity index (χ3n) is 3.02. The summed E-state index contributed by atoms with van der Waals surface area (Å²) in [4.78, 5) is 11.8. The topological polar surface area (TPSA) is 92.8 Å². The zero-order chi connectivity index (χ0) is 13.8. The minimum atomic E-state index is -0.0789. The molecule has 0 aliphatic carbocycles. The molecule has 0 saturated carbocycles. The molecule has 20 heavy (non-hydrogen) atoms. The highest BCUT2D eigenvalue weighted by Gasteiger charge is 2.13. The fraction of sp³-hybridized carbons (Fsp3) is 0.231. The molecule has 0 fully saturated rings. The molecule has 7 heteroatoms.